The van der Waals surface area contributed by atoms with Crippen LogP contribution in [0.4, 0.5) is 5.82 Å². The van der Waals surface area contributed by atoms with E-state index in [0.717, 1.165) is 67.5 Å². The summed E-state index contributed by atoms with van der Waals surface area (Å²) in [7, 11) is 0. The number of likely N-dealkylation sites (tertiary alicyclic amines) is 1. The minimum absolute atomic E-state index is 0.106. The number of anilines is 1. The molecule has 3 atom stereocenters. The molecule has 11 heteroatoms. The zero-order valence-corrected chi connectivity index (χ0v) is 24.9. The first-order valence-corrected chi connectivity index (χ1v) is 15.5. The average molecular weight is 579 g/mol. The lowest BCUT2D eigenvalue weighted by Gasteiger charge is -2.47. The molecule has 206 valence electrons. The molecule has 2 aromatic heterocycles. The van der Waals surface area contributed by atoms with Crippen molar-refractivity contribution in [3.05, 3.63) is 45.7 Å². The molecule has 1 aromatic carbocycles. The van der Waals surface area contributed by atoms with Crippen molar-refractivity contribution in [2.24, 2.45) is 11.8 Å². The van der Waals surface area contributed by atoms with Gasteiger partial charge < -0.3 is 14.4 Å². The van der Waals surface area contributed by atoms with Crippen LogP contribution in [0.3, 0.4) is 0 Å². The minimum atomic E-state index is -0.951. The van der Waals surface area contributed by atoms with Crippen LogP contribution >= 0.6 is 23.2 Å². The molecule has 4 heterocycles. The van der Waals surface area contributed by atoms with Gasteiger partial charge in [-0.2, -0.15) is 5.10 Å². The number of hydrogen-bond donors (Lipinski definition) is 1. The highest BCUT2D eigenvalue weighted by molar-refractivity contribution is 7.90. The Morgan fingerprint density at radius 1 is 1.16 bits per heavy atom. The smallest absolute Gasteiger partial charge is 0.179 e. The largest absolute Gasteiger partial charge is 0.598 e. The third-order valence-corrected chi connectivity index (χ3v) is 9.79. The molecule has 0 bridgehead atoms. The van der Waals surface area contributed by atoms with Gasteiger partial charge in [0.05, 0.1) is 24.5 Å². The average Bonchev–Trinajstić information content (AvgIpc) is 3.19. The molecule has 2 aliphatic heterocycles. The van der Waals surface area contributed by atoms with Crippen LogP contribution in [0.15, 0.2) is 24.4 Å². The van der Waals surface area contributed by atoms with Crippen LogP contribution in [0.1, 0.15) is 50.9 Å². The number of piperidine rings is 1. The zero-order valence-electron chi connectivity index (χ0n) is 22.5. The number of nitrogens with one attached hydrogen (secondary N) is 1. The van der Waals surface area contributed by atoms with E-state index in [-0.39, 0.29) is 11.3 Å². The molecule has 0 spiro atoms. The number of aryl methyl sites for hydroxylation is 1. The summed E-state index contributed by atoms with van der Waals surface area (Å²) in [4.78, 5) is 14.6. The summed E-state index contributed by atoms with van der Waals surface area (Å²) in [6.07, 6.45) is 4.38. The van der Waals surface area contributed by atoms with Gasteiger partial charge in [0.2, 0.25) is 0 Å². The summed E-state index contributed by atoms with van der Waals surface area (Å²) in [6, 6.07) is 5.46. The molecule has 0 radical (unpaired) electrons. The Balaban J connectivity index is 1.23. The van der Waals surface area contributed by atoms with Crippen molar-refractivity contribution in [3.63, 3.8) is 0 Å². The Labute approximate surface area is 238 Å². The molecular weight excluding hydrogens is 541 g/mol. The quantitative estimate of drug-likeness (QED) is 0.363. The Bertz CT molecular complexity index is 1270. The van der Waals surface area contributed by atoms with E-state index in [4.69, 9.17) is 38.3 Å². The highest BCUT2D eigenvalue weighted by atomic mass is 35.5. The third kappa shape index (κ3) is 5.93. The summed E-state index contributed by atoms with van der Waals surface area (Å²) < 4.78 is 17.1. The fourth-order valence-electron chi connectivity index (χ4n) is 5.58. The van der Waals surface area contributed by atoms with Gasteiger partial charge in [-0.15, -0.1) is 4.72 Å². The van der Waals surface area contributed by atoms with Gasteiger partial charge >= 0.3 is 0 Å². The third-order valence-electron chi connectivity index (χ3n) is 7.88. The van der Waals surface area contributed by atoms with Crippen molar-refractivity contribution in [2.75, 3.05) is 44.2 Å². The monoisotopic (exact) mass is 577 g/mol. The van der Waals surface area contributed by atoms with Crippen LogP contribution < -0.4 is 9.62 Å². The van der Waals surface area contributed by atoms with Crippen LogP contribution in [0.25, 0.3) is 11.2 Å². The molecule has 2 saturated heterocycles. The second-order valence-electron chi connectivity index (χ2n) is 10.9. The van der Waals surface area contributed by atoms with Crippen molar-refractivity contribution < 1.29 is 4.55 Å². The molecule has 0 aliphatic carbocycles. The van der Waals surface area contributed by atoms with Crippen molar-refractivity contribution in [1.82, 2.24) is 29.4 Å². The number of aromatic nitrogens is 4. The SMILES string of the molecule is Cc1nn(C(C)c2ccc(Cl)cc2Cl)c2nc(N3CC(C4CCCN(CCN[S+]([O-])C(C)C)C4)C3)cnc12. The Hall–Kier alpha value is -1.62. The van der Waals surface area contributed by atoms with Gasteiger partial charge in [0, 0.05) is 47.6 Å². The molecule has 5 rings (SSSR count). The van der Waals surface area contributed by atoms with Gasteiger partial charge in [-0.05, 0) is 76.6 Å². The number of rotatable bonds is 9. The van der Waals surface area contributed by atoms with Crippen LogP contribution in [-0.4, -0.2) is 73.7 Å². The predicted molar refractivity (Wildman–Crippen MR) is 156 cm³/mol. The van der Waals surface area contributed by atoms with Crippen molar-refractivity contribution >= 4 is 51.5 Å². The van der Waals surface area contributed by atoms with Gasteiger partial charge in [-0.1, -0.05) is 29.3 Å². The molecule has 1 N–H and O–H groups in total. The highest BCUT2D eigenvalue weighted by Crippen LogP contribution is 2.35. The van der Waals surface area contributed by atoms with Gasteiger partial charge in [0.25, 0.3) is 0 Å². The van der Waals surface area contributed by atoms with Gasteiger partial charge in [-0.3, -0.25) is 0 Å². The normalized spacial score (nSPS) is 20.7. The Morgan fingerprint density at radius 3 is 2.68 bits per heavy atom. The van der Waals surface area contributed by atoms with E-state index in [1.165, 1.54) is 12.8 Å². The van der Waals surface area contributed by atoms with E-state index in [9.17, 15) is 4.55 Å². The van der Waals surface area contributed by atoms with E-state index >= 15 is 0 Å². The maximum atomic E-state index is 12.0. The fraction of sp³-hybridized carbons (Fsp3) is 0.593. The van der Waals surface area contributed by atoms with E-state index in [1.54, 1.807) is 6.07 Å². The van der Waals surface area contributed by atoms with Gasteiger partial charge in [0.1, 0.15) is 16.6 Å². The molecule has 2 fully saturated rings. The second kappa shape index (κ2) is 11.9. The van der Waals surface area contributed by atoms with Crippen LogP contribution in [0.2, 0.25) is 10.0 Å². The fourth-order valence-corrected chi connectivity index (χ4v) is 6.78. The maximum absolute atomic E-state index is 12.0. The topological polar surface area (TPSA) is 85.2 Å². The Kier molecular flexibility index (Phi) is 8.72. The van der Waals surface area contributed by atoms with E-state index in [0.29, 0.717) is 21.9 Å². The van der Waals surface area contributed by atoms with Gasteiger partial charge in [0.15, 0.2) is 5.65 Å². The first kappa shape index (κ1) is 27.9. The van der Waals surface area contributed by atoms with Crippen LogP contribution in [0, 0.1) is 18.8 Å². The number of halogens is 2. The maximum Gasteiger partial charge on any atom is 0.179 e. The molecule has 8 nitrogen and oxygen atoms in total. The lowest BCUT2D eigenvalue weighted by atomic mass is 9.80. The summed E-state index contributed by atoms with van der Waals surface area (Å²) in [5, 5.41) is 6.14. The predicted octanol–water partition coefficient (Wildman–Crippen LogP) is 4.86. The van der Waals surface area contributed by atoms with E-state index in [2.05, 4.69) is 21.4 Å². The number of fused-ring (bicyclic) bond motifs is 1. The lowest BCUT2D eigenvalue weighted by Crippen LogP contribution is -2.54. The molecular formula is C27H37Cl2N7OS. The molecule has 2 aliphatic rings. The number of nitrogens with zero attached hydrogens (tertiary/aromatic N) is 6. The van der Waals surface area contributed by atoms with Crippen molar-refractivity contribution in [1.29, 1.82) is 0 Å². The Morgan fingerprint density at radius 2 is 1.95 bits per heavy atom. The molecule has 38 heavy (non-hydrogen) atoms. The minimum Gasteiger partial charge on any atom is -0.598 e. The van der Waals surface area contributed by atoms with Crippen LogP contribution in [0.5, 0.6) is 0 Å². The van der Waals surface area contributed by atoms with Gasteiger partial charge in [-0.25, -0.2) is 14.6 Å². The van der Waals surface area contributed by atoms with E-state index in [1.807, 2.05) is 43.8 Å². The summed E-state index contributed by atoms with van der Waals surface area (Å²) >= 11 is 11.7. The van der Waals surface area contributed by atoms with Crippen molar-refractivity contribution in [2.45, 2.75) is 51.8 Å². The van der Waals surface area contributed by atoms with Crippen molar-refractivity contribution in [3.8, 4) is 0 Å². The molecule has 0 saturated carbocycles. The lowest BCUT2D eigenvalue weighted by molar-refractivity contribution is 0.121. The van der Waals surface area contributed by atoms with Crippen LogP contribution in [-0.2, 0) is 11.4 Å². The summed E-state index contributed by atoms with van der Waals surface area (Å²) in [6.45, 7) is 14.0. The molecule has 3 unspecified atom stereocenters. The number of benzene rings is 1. The first-order valence-electron chi connectivity index (χ1n) is 13.5. The number of hydrogen-bond acceptors (Lipinski definition) is 7. The second-order valence-corrected chi connectivity index (χ2v) is 13.6. The zero-order chi connectivity index (χ0) is 27.0. The first-order chi connectivity index (χ1) is 18.2. The standard InChI is InChI=1S/C27H37Cl2N7OS/c1-17(2)38(37)31-9-11-34-10-5-6-20(14-34)21-15-35(16-21)25-13-30-26-18(3)33-36(27(26)32-25)19(4)23-8-7-22(28)12-24(23)29/h7-8,12-13,17,19-21,31H,5-6,9-11,14-16H2,1-4H3. The van der Waals surface area contributed by atoms with E-state index < -0.39 is 11.4 Å². The summed E-state index contributed by atoms with van der Waals surface area (Å²) in [5.74, 6) is 2.25. The highest BCUT2D eigenvalue weighted by Gasteiger charge is 2.36. The molecule has 0 amide bonds. The summed E-state index contributed by atoms with van der Waals surface area (Å²) in [5.41, 5.74) is 3.39. The molecule has 3 aromatic rings.